The second-order valence-corrected chi connectivity index (χ2v) is 4.15. The van der Waals surface area contributed by atoms with Gasteiger partial charge in [0.2, 0.25) is 0 Å². The van der Waals surface area contributed by atoms with Gasteiger partial charge in [-0.15, -0.1) is 0 Å². The van der Waals surface area contributed by atoms with Crippen molar-refractivity contribution in [1.82, 2.24) is 15.0 Å². The molecule has 1 aliphatic carbocycles. The first-order valence-electron chi connectivity index (χ1n) is 5.43. The molecule has 2 aromatic heterocycles. The first kappa shape index (κ1) is 10.1. The smallest absolute Gasteiger partial charge is 0.306 e. The minimum Gasteiger partial charge on any atom is -0.481 e. The van der Waals surface area contributed by atoms with Crippen LogP contribution in [0.5, 0.6) is 0 Å². The number of imidazole rings is 1. The van der Waals surface area contributed by atoms with Crippen LogP contribution in [0.2, 0.25) is 0 Å². The van der Waals surface area contributed by atoms with Crippen molar-refractivity contribution in [1.29, 1.82) is 0 Å². The summed E-state index contributed by atoms with van der Waals surface area (Å²) in [5.41, 5.74) is 1.84. The Labute approximate surface area is 96.7 Å². The van der Waals surface area contributed by atoms with Gasteiger partial charge >= 0.3 is 5.97 Å². The van der Waals surface area contributed by atoms with Crippen LogP contribution in [0.15, 0.2) is 17.0 Å². The first-order valence-corrected chi connectivity index (χ1v) is 5.43. The number of fused-ring (bicyclic) bond motifs is 1. The highest BCUT2D eigenvalue weighted by molar-refractivity contribution is 5.70. The number of rotatable bonds is 2. The zero-order chi connectivity index (χ0) is 11.8. The highest BCUT2D eigenvalue weighted by Gasteiger charge is 2.27. The fourth-order valence-electron chi connectivity index (χ4n) is 2.14. The van der Waals surface area contributed by atoms with Crippen molar-refractivity contribution in [2.45, 2.75) is 19.3 Å². The summed E-state index contributed by atoms with van der Waals surface area (Å²) in [6.07, 6.45) is 4.77. The molecule has 0 fully saturated rings. The number of aryl methyl sites for hydroxylation is 1. The molecule has 1 unspecified atom stereocenters. The van der Waals surface area contributed by atoms with Crippen molar-refractivity contribution >= 4 is 5.97 Å². The van der Waals surface area contributed by atoms with Crippen LogP contribution in [0, 0.1) is 5.92 Å². The fourth-order valence-corrected chi connectivity index (χ4v) is 2.14. The number of hydrogen-bond donors (Lipinski definition) is 2. The molecular weight excluding hydrogens is 222 g/mol. The van der Waals surface area contributed by atoms with Crippen molar-refractivity contribution in [3.05, 3.63) is 24.0 Å². The van der Waals surface area contributed by atoms with Crippen LogP contribution in [0.3, 0.4) is 0 Å². The van der Waals surface area contributed by atoms with E-state index in [1.165, 1.54) is 6.39 Å². The van der Waals surface area contributed by atoms with Gasteiger partial charge in [0, 0.05) is 12.1 Å². The summed E-state index contributed by atoms with van der Waals surface area (Å²) in [5, 5.41) is 8.99. The topological polar surface area (TPSA) is 92.0 Å². The zero-order valence-corrected chi connectivity index (χ0v) is 9.01. The van der Waals surface area contributed by atoms with E-state index in [1.807, 2.05) is 0 Å². The Morgan fingerprint density at radius 1 is 1.59 bits per heavy atom. The van der Waals surface area contributed by atoms with Gasteiger partial charge in [-0.25, -0.2) is 9.97 Å². The molecule has 0 aromatic carbocycles. The van der Waals surface area contributed by atoms with E-state index < -0.39 is 5.97 Å². The quantitative estimate of drug-likeness (QED) is 0.814. The number of hydrogen-bond acceptors (Lipinski definition) is 4. The molecule has 0 amide bonds. The summed E-state index contributed by atoms with van der Waals surface area (Å²) in [6, 6.07) is 0. The Hall–Kier alpha value is -2.11. The van der Waals surface area contributed by atoms with Gasteiger partial charge in [0.25, 0.3) is 0 Å². The molecule has 88 valence electrons. The van der Waals surface area contributed by atoms with Gasteiger partial charge in [-0.1, -0.05) is 0 Å². The maximum Gasteiger partial charge on any atom is 0.306 e. The molecule has 2 aromatic rings. The Morgan fingerprint density at radius 2 is 2.47 bits per heavy atom. The molecule has 0 saturated carbocycles. The van der Waals surface area contributed by atoms with Crippen molar-refractivity contribution < 1.29 is 14.3 Å². The molecule has 1 aliphatic rings. The van der Waals surface area contributed by atoms with Crippen molar-refractivity contribution in [2.24, 2.45) is 5.92 Å². The molecule has 6 nitrogen and oxygen atoms in total. The minimum absolute atomic E-state index is 0.314. The highest BCUT2D eigenvalue weighted by atomic mass is 16.4. The predicted octanol–water partition coefficient (Wildman–Crippen LogP) is 1.25. The molecule has 1 atom stereocenters. The number of nitrogens with one attached hydrogen (secondary N) is 1. The molecular formula is C11H11N3O3. The van der Waals surface area contributed by atoms with Gasteiger partial charge in [0.15, 0.2) is 18.0 Å². The average molecular weight is 233 g/mol. The van der Waals surface area contributed by atoms with E-state index in [-0.39, 0.29) is 5.92 Å². The van der Waals surface area contributed by atoms with E-state index in [0.29, 0.717) is 30.8 Å². The number of aromatic nitrogens is 3. The lowest BCUT2D eigenvalue weighted by Gasteiger charge is -2.16. The van der Waals surface area contributed by atoms with Crippen LogP contribution in [0.4, 0.5) is 0 Å². The van der Waals surface area contributed by atoms with Gasteiger partial charge in [-0.2, -0.15) is 0 Å². The molecule has 3 rings (SSSR count). The number of carboxylic acid groups (broad SMARTS) is 1. The number of H-pyrrole nitrogens is 1. The number of oxazole rings is 1. The molecule has 17 heavy (non-hydrogen) atoms. The van der Waals surface area contributed by atoms with Crippen LogP contribution in [-0.2, 0) is 17.6 Å². The average Bonchev–Trinajstić information content (AvgIpc) is 2.96. The lowest BCUT2D eigenvalue weighted by molar-refractivity contribution is -0.142. The van der Waals surface area contributed by atoms with Gasteiger partial charge < -0.3 is 14.5 Å². The van der Waals surface area contributed by atoms with E-state index in [9.17, 15) is 4.79 Å². The summed E-state index contributed by atoms with van der Waals surface area (Å²) in [6.45, 7) is 0. The van der Waals surface area contributed by atoms with E-state index in [4.69, 9.17) is 9.52 Å². The Morgan fingerprint density at radius 3 is 3.18 bits per heavy atom. The third-order valence-corrected chi connectivity index (χ3v) is 3.06. The summed E-state index contributed by atoms with van der Waals surface area (Å²) >= 11 is 0. The predicted molar refractivity (Wildman–Crippen MR) is 57.2 cm³/mol. The largest absolute Gasteiger partial charge is 0.481 e. The van der Waals surface area contributed by atoms with Gasteiger partial charge in [-0.05, 0) is 12.8 Å². The van der Waals surface area contributed by atoms with E-state index >= 15 is 0 Å². The van der Waals surface area contributed by atoms with Crippen LogP contribution >= 0.6 is 0 Å². The Bertz CT molecular complexity index is 544. The number of nitrogens with zero attached hydrogens (tertiary/aromatic N) is 2. The molecule has 0 bridgehead atoms. The lowest BCUT2D eigenvalue weighted by atomic mass is 9.90. The maximum atomic E-state index is 10.9. The number of carbonyl (C=O) groups is 1. The summed E-state index contributed by atoms with van der Waals surface area (Å²) < 4.78 is 5.15. The molecule has 0 aliphatic heterocycles. The van der Waals surface area contributed by atoms with Crippen LogP contribution in [0.25, 0.3) is 11.6 Å². The van der Waals surface area contributed by atoms with Crippen molar-refractivity contribution in [3.8, 4) is 11.6 Å². The Kier molecular flexibility index (Phi) is 2.21. The third kappa shape index (κ3) is 1.71. The molecule has 0 saturated heterocycles. The first-order chi connectivity index (χ1) is 8.24. The molecule has 2 heterocycles. The lowest BCUT2D eigenvalue weighted by Crippen LogP contribution is -2.22. The maximum absolute atomic E-state index is 10.9. The monoisotopic (exact) mass is 233 g/mol. The second-order valence-electron chi connectivity index (χ2n) is 4.15. The third-order valence-electron chi connectivity index (χ3n) is 3.06. The molecule has 0 spiro atoms. The van der Waals surface area contributed by atoms with E-state index in [1.54, 1.807) is 6.20 Å². The van der Waals surface area contributed by atoms with E-state index in [0.717, 1.165) is 11.4 Å². The van der Waals surface area contributed by atoms with Crippen LogP contribution in [0.1, 0.15) is 17.8 Å². The second kappa shape index (κ2) is 3.73. The number of aliphatic carboxylic acids is 1. The fraction of sp³-hybridized carbons (Fsp3) is 0.364. The van der Waals surface area contributed by atoms with Crippen LogP contribution in [-0.4, -0.2) is 26.0 Å². The molecule has 6 heteroatoms. The standard InChI is InChI=1S/C11H11N3O3/c15-11(16)6-1-2-7-8(3-6)14-10(13-7)9-4-12-5-17-9/h4-6H,1-3H2,(H,13,14)(H,15,16). The summed E-state index contributed by atoms with van der Waals surface area (Å²) in [7, 11) is 0. The van der Waals surface area contributed by atoms with Gasteiger partial charge in [0.1, 0.15) is 0 Å². The Balaban J connectivity index is 1.92. The molecule has 2 N–H and O–H groups in total. The zero-order valence-electron chi connectivity index (χ0n) is 9.01. The summed E-state index contributed by atoms with van der Waals surface area (Å²) in [5.74, 6) is 0.141. The van der Waals surface area contributed by atoms with Gasteiger partial charge in [0.05, 0.1) is 17.8 Å². The van der Waals surface area contributed by atoms with Crippen molar-refractivity contribution in [2.75, 3.05) is 0 Å². The highest BCUT2D eigenvalue weighted by Crippen LogP contribution is 2.27. The van der Waals surface area contributed by atoms with E-state index in [2.05, 4.69) is 15.0 Å². The number of carboxylic acids is 1. The SMILES string of the molecule is O=C(O)C1CCc2nc(-c3cnco3)[nH]c2C1. The normalized spacial score (nSPS) is 18.9. The number of aromatic amines is 1. The minimum atomic E-state index is -0.744. The van der Waals surface area contributed by atoms with Crippen LogP contribution < -0.4 is 0 Å². The summed E-state index contributed by atoms with van der Waals surface area (Å²) in [4.78, 5) is 22.3. The molecule has 0 radical (unpaired) electrons. The van der Waals surface area contributed by atoms with Gasteiger partial charge in [-0.3, -0.25) is 4.79 Å². The van der Waals surface area contributed by atoms with Crippen molar-refractivity contribution in [3.63, 3.8) is 0 Å².